The van der Waals surface area contributed by atoms with E-state index in [0.29, 0.717) is 19.4 Å². The van der Waals surface area contributed by atoms with Crippen LogP contribution in [-0.4, -0.2) is 41.4 Å². The second-order valence-corrected chi connectivity index (χ2v) is 6.28. The average molecular weight is 298 g/mol. The number of hydrogen-bond donors (Lipinski definition) is 3. The van der Waals surface area contributed by atoms with Gasteiger partial charge in [0.2, 0.25) is 0 Å². The average Bonchev–Trinajstić information content (AvgIpc) is 2.71. The minimum Gasteiger partial charge on any atom is -0.480 e. The topological polar surface area (TPSA) is 87.7 Å². The second-order valence-electron chi connectivity index (χ2n) is 6.28. The Kier molecular flexibility index (Phi) is 5.45. The Labute approximate surface area is 125 Å². The van der Waals surface area contributed by atoms with Gasteiger partial charge in [0, 0.05) is 6.54 Å². The Balaban J connectivity index is 1.84. The summed E-state index contributed by atoms with van der Waals surface area (Å²) in [6.07, 6.45) is 7.00. The number of nitrogens with one attached hydrogen (secondary N) is 2. The highest BCUT2D eigenvalue weighted by atomic mass is 16.5. The number of hydrogen-bond acceptors (Lipinski definition) is 3. The van der Waals surface area contributed by atoms with Gasteiger partial charge >= 0.3 is 12.0 Å². The molecule has 2 unspecified atom stereocenters. The fraction of sp³-hybridized carbons (Fsp3) is 0.867. The number of carboxylic acid groups (broad SMARTS) is 1. The van der Waals surface area contributed by atoms with E-state index in [0.717, 1.165) is 38.5 Å². The zero-order chi connectivity index (χ0) is 15.3. The molecule has 2 rings (SSSR count). The standard InChI is InChI=1S/C15H26N2O4/c1-11-6-7-12(21-11)10-16-14(20)17-15(13(18)19)8-4-2-3-5-9-15/h11-12H,2-10H2,1H3,(H,18,19)(H2,16,17,20). The van der Waals surface area contributed by atoms with Crippen LogP contribution in [-0.2, 0) is 9.53 Å². The molecule has 120 valence electrons. The number of rotatable bonds is 4. The predicted molar refractivity (Wildman–Crippen MR) is 78.2 cm³/mol. The molecule has 6 heteroatoms. The fourth-order valence-electron chi connectivity index (χ4n) is 3.23. The predicted octanol–water partition coefficient (Wildman–Crippen LogP) is 2.03. The highest BCUT2D eigenvalue weighted by molar-refractivity contribution is 5.86. The van der Waals surface area contributed by atoms with Gasteiger partial charge in [0.1, 0.15) is 5.54 Å². The molecule has 1 heterocycles. The molecule has 2 amide bonds. The van der Waals surface area contributed by atoms with E-state index in [2.05, 4.69) is 10.6 Å². The van der Waals surface area contributed by atoms with Gasteiger partial charge < -0.3 is 20.5 Å². The lowest BCUT2D eigenvalue weighted by molar-refractivity contribution is -0.145. The first-order valence-corrected chi connectivity index (χ1v) is 7.97. The lowest BCUT2D eigenvalue weighted by Gasteiger charge is -2.29. The third-order valence-corrected chi connectivity index (χ3v) is 4.53. The van der Waals surface area contributed by atoms with E-state index in [1.807, 2.05) is 6.92 Å². The fourth-order valence-corrected chi connectivity index (χ4v) is 3.23. The Morgan fingerprint density at radius 1 is 1.19 bits per heavy atom. The smallest absolute Gasteiger partial charge is 0.329 e. The number of carbonyl (C=O) groups excluding carboxylic acids is 1. The van der Waals surface area contributed by atoms with Gasteiger partial charge in [-0.1, -0.05) is 25.7 Å². The third-order valence-electron chi connectivity index (χ3n) is 4.53. The molecule has 1 aliphatic carbocycles. The number of urea groups is 1. The van der Waals surface area contributed by atoms with Crippen LogP contribution in [0.5, 0.6) is 0 Å². The van der Waals surface area contributed by atoms with Crippen molar-refractivity contribution in [2.24, 2.45) is 0 Å². The molecule has 6 nitrogen and oxygen atoms in total. The molecule has 0 aromatic rings. The maximum Gasteiger partial charge on any atom is 0.329 e. The van der Waals surface area contributed by atoms with E-state index in [-0.39, 0.29) is 12.2 Å². The zero-order valence-electron chi connectivity index (χ0n) is 12.7. The Hall–Kier alpha value is -1.30. The molecule has 1 aliphatic heterocycles. The van der Waals surface area contributed by atoms with Gasteiger partial charge in [0.15, 0.2) is 0 Å². The minimum absolute atomic E-state index is 0.0423. The summed E-state index contributed by atoms with van der Waals surface area (Å²) < 4.78 is 5.64. The molecular weight excluding hydrogens is 272 g/mol. The summed E-state index contributed by atoms with van der Waals surface area (Å²) >= 11 is 0. The Bertz CT molecular complexity index is 378. The first kappa shape index (κ1) is 16.1. The van der Waals surface area contributed by atoms with Crippen molar-refractivity contribution in [1.29, 1.82) is 0 Å². The van der Waals surface area contributed by atoms with Crippen molar-refractivity contribution in [3.05, 3.63) is 0 Å². The summed E-state index contributed by atoms with van der Waals surface area (Å²) in [7, 11) is 0. The van der Waals surface area contributed by atoms with E-state index in [1.165, 1.54) is 0 Å². The molecule has 21 heavy (non-hydrogen) atoms. The van der Waals surface area contributed by atoms with Crippen LogP contribution in [0.3, 0.4) is 0 Å². The lowest BCUT2D eigenvalue weighted by Crippen LogP contribution is -2.57. The van der Waals surface area contributed by atoms with Crippen LogP contribution in [0, 0.1) is 0 Å². The second kappa shape index (κ2) is 7.11. The molecule has 0 bridgehead atoms. The summed E-state index contributed by atoms with van der Waals surface area (Å²) in [5, 5.41) is 15.0. The van der Waals surface area contributed by atoms with Crippen molar-refractivity contribution < 1.29 is 19.4 Å². The largest absolute Gasteiger partial charge is 0.480 e. The summed E-state index contributed by atoms with van der Waals surface area (Å²) in [6.45, 7) is 2.46. The highest BCUT2D eigenvalue weighted by Gasteiger charge is 2.40. The molecule has 3 N–H and O–H groups in total. The molecule has 0 aromatic carbocycles. The van der Waals surface area contributed by atoms with Gasteiger partial charge in [-0.2, -0.15) is 0 Å². The summed E-state index contributed by atoms with van der Waals surface area (Å²) in [5.41, 5.74) is -1.11. The van der Waals surface area contributed by atoms with Crippen molar-refractivity contribution in [2.45, 2.75) is 76.0 Å². The van der Waals surface area contributed by atoms with Crippen LogP contribution >= 0.6 is 0 Å². The molecule has 0 spiro atoms. The van der Waals surface area contributed by atoms with E-state index in [9.17, 15) is 14.7 Å². The summed E-state index contributed by atoms with van der Waals surface area (Å²) in [6, 6.07) is -0.401. The van der Waals surface area contributed by atoms with E-state index < -0.39 is 17.5 Å². The lowest BCUT2D eigenvalue weighted by atomic mass is 9.90. The molecule has 2 atom stereocenters. The molecule has 1 saturated heterocycles. The van der Waals surface area contributed by atoms with Gasteiger partial charge in [-0.05, 0) is 32.6 Å². The third kappa shape index (κ3) is 4.33. The van der Waals surface area contributed by atoms with Crippen molar-refractivity contribution in [3.8, 4) is 0 Å². The first-order chi connectivity index (χ1) is 10.0. The molecule has 1 saturated carbocycles. The van der Waals surface area contributed by atoms with Gasteiger partial charge in [0.25, 0.3) is 0 Å². The quantitative estimate of drug-likeness (QED) is 0.693. The van der Waals surface area contributed by atoms with Crippen LogP contribution in [0.4, 0.5) is 4.79 Å². The van der Waals surface area contributed by atoms with E-state index in [1.54, 1.807) is 0 Å². The molecule has 0 radical (unpaired) electrons. The zero-order valence-corrected chi connectivity index (χ0v) is 12.7. The van der Waals surface area contributed by atoms with Crippen LogP contribution < -0.4 is 10.6 Å². The minimum atomic E-state index is -1.11. The van der Waals surface area contributed by atoms with Crippen molar-refractivity contribution in [1.82, 2.24) is 10.6 Å². The Morgan fingerprint density at radius 3 is 2.38 bits per heavy atom. The van der Waals surface area contributed by atoms with Crippen molar-refractivity contribution in [3.63, 3.8) is 0 Å². The maximum absolute atomic E-state index is 12.0. The molecule has 0 aromatic heterocycles. The Morgan fingerprint density at radius 2 is 1.86 bits per heavy atom. The summed E-state index contributed by atoms with van der Waals surface area (Å²) in [5.74, 6) is -0.926. The van der Waals surface area contributed by atoms with Gasteiger partial charge in [-0.15, -0.1) is 0 Å². The molecular formula is C15H26N2O4. The number of carbonyl (C=O) groups is 2. The van der Waals surface area contributed by atoms with E-state index in [4.69, 9.17) is 4.74 Å². The summed E-state index contributed by atoms with van der Waals surface area (Å²) in [4.78, 5) is 23.6. The van der Waals surface area contributed by atoms with Crippen LogP contribution in [0.1, 0.15) is 58.3 Å². The number of ether oxygens (including phenoxy) is 1. The monoisotopic (exact) mass is 298 g/mol. The number of aliphatic carboxylic acids is 1. The highest BCUT2D eigenvalue weighted by Crippen LogP contribution is 2.27. The normalized spacial score (nSPS) is 28.6. The van der Waals surface area contributed by atoms with Crippen molar-refractivity contribution >= 4 is 12.0 Å². The van der Waals surface area contributed by atoms with Crippen LogP contribution in [0.25, 0.3) is 0 Å². The molecule has 2 fully saturated rings. The maximum atomic E-state index is 12.0. The van der Waals surface area contributed by atoms with Gasteiger partial charge in [-0.3, -0.25) is 0 Å². The van der Waals surface area contributed by atoms with Crippen LogP contribution in [0.15, 0.2) is 0 Å². The van der Waals surface area contributed by atoms with Crippen molar-refractivity contribution in [2.75, 3.05) is 6.54 Å². The van der Waals surface area contributed by atoms with E-state index >= 15 is 0 Å². The van der Waals surface area contributed by atoms with Gasteiger partial charge in [0.05, 0.1) is 12.2 Å². The number of carboxylic acids is 1. The SMILES string of the molecule is CC1CCC(CNC(=O)NC2(C(=O)O)CCCCCC2)O1. The van der Waals surface area contributed by atoms with Gasteiger partial charge in [-0.25, -0.2) is 9.59 Å². The number of amides is 2. The first-order valence-electron chi connectivity index (χ1n) is 7.97. The molecule has 2 aliphatic rings. The van der Waals surface area contributed by atoms with Crippen LogP contribution in [0.2, 0.25) is 0 Å².